The predicted octanol–water partition coefficient (Wildman–Crippen LogP) is 5.52. The molecular weight excluding hydrogens is 498 g/mol. The molecule has 3 aromatic carbocycles. The summed E-state index contributed by atoms with van der Waals surface area (Å²) in [6.45, 7) is 0.113. The smallest absolute Gasteiger partial charge is 0.234 e. The molecule has 0 bridgehead atoms. The van der Waals surface area contributed by atoms with Gasteiger partial charge < -0.3 is 14.8 Å². The quantitative estimate of drug-likeness (QED) is 0.295. The fraction of sp³-hybridized carbons (Fsp3) is 0.125. The number of thioether (sulfide) groups is 1. The van der Waals surface area contributed by atoms with Crippen LogP contribution in [0, 0.1) is 11.6 Å². The molecule has 1 heterocycles. The van der Waals surface area contributed by atoms with Gasteiger partial charge in [0.2, 0.25) is 5.91 Å². The van der Waals surface area contributed by atoms with Crippen LogP contribution in [-0.4, -0.2) is 33.5 Å². The molecule has 4 rings (SSSR count). The number of carbonyl (C=O) groups is 1. The lowest BCUT2D eigenvalue weighted by atomic mass is 10.3. The molecule has 0 atom stereocenters. The number of rotatable bonds is 9. The molecule has 0 unspecified atom stereocenters. The van der Waals surface area contributed by atoms with E-state index in [9.17, 15) is 13.6 Å². The fourth-order valence-corrected chi connectivity index (χ4v) is 3.95. The summed E-state index contributed by atoms with van der Waals surface area (Å²) >= 11 is 7.06. The molecule has 11 heteroatoms. The Bertz CT molecular complexity index is 1320. The first kappa shape index (κ1) is 24.5. The minimum atomic E-state index is -1.04. The van der Waals surface area contributed by atoms with Gasteiger partial charge in [0, 0.05) is 22.5 Å². The van der Waals surface area contributed by atoms with Crippen LogP contribution in [-0.2, 0) is 11.4 Å². The Labute approximate surface area is 209 Å². The summed E-state index contributed by atoms with van der Waals surface area (Å²) in [5.41, 5.74) is 0.900. The maximum Gasteiger partial charge on any atom is 0.234 e. The summed E-state index contributed by atoms with van der Waals surface area (Å²) in [6, 6.07) is 17.3. The molecule has 35 heavy (non-hydrogen) atoms. The summed E-state index contributed by atoms with van der Waals surface area (Å²) in [5.74, 6) is -0.679. The zero-order valence-electron chi connectivity index (χ0n) is 18.4. The number of hydrogen-bond acceptors (Lipinski definition) is 6. The highest BCUT2D eigenvalue weighted by atomic mass is 35.5. The average Bonchev–Trinajstić information content (AvgIpc) is 3.27. The first-order chi connectivity index (χ1) is 16.9. The van der Waals surface area contributed by atoms with E-state index in [1.807, 2.05) is 12.1 Å². The topological polar surface area (TPSA) is 78.3 Å². The Kier molecular flexibility index (Phi) is 7.84. The Balaban J connectivity index is 1.51. The number of benzene rings is 3. The van der Waals surface area contributed by atoms with Crippen molar-refractivity contribution in [2.45, 2.75) is 11.8 Å². The van der Waals surface area contributed by atoms with Crippen LogP contribution in [0.3, 0.4) is 0 Å². The standard InChI is InChI=1S/C24H19ClF2N4O3S/c1-33-18-9-5-17(6-10-18)31-22(13-34-19-7-2-15(25)3-8-19)29-30-24(31)35-14-23(32)28-16-4-11-20(26)21(27)12-16/h2-12H,13-14H2,1H3,(H,28,32). The second kappa shape index (κ2) is 11.2. The molecule has 1 N–H and O–H groups in total. The number of anilines is 1. The zero-order chi connectivity index (χ0) is 24.8. The van der Waals surface area contributed by atoms with Crippen molar-refractivity contribution in [2.24, 2.45) is 0 Å². The van der Waals surface area contributed by atoms with E-state index in [-0.39, 0.29) is 18.0 Å². The Hall–Kier alpha value is -3.63. The van der Waals surface area contributed by atoms with Crippen molar-refractivity contribution >= 4 is 35.0 Å². The van der Waals surface area contributed by atoms with Crippen molar-refractivity contribution in [2.75, 3.05) is 18.2 Å². The van der Waals surface area contributed by atoms with Gasteiger partial charge in [-0.05, 0) is 60.7 Å². The van der Waals surface area contributed by atoms with Crippen LogP contribution in [0.5, 0.6) is 11.5 Å². The minimum absolute atomic E-state index is 0.0364. The van der Waals surface area contributed by atoms with Crippen molar-refractivity contribution in [1.82, 2.24) is 14.8 Å². The molecule has 1 amide bonds. The van der Waals surface area contributed by atoms with Crippen molar-refractivity contribution in [3.8, 4) is 17.2 Å². The van der Waals surface area contributed by atoms with Gasteiger partial charge in [0.25, 0.3) is 0 Å². The van der Waals surface area contributed by atoms with Gasteiger partial charge in [-0.15, -0.1) is 10.2 Å². The largest absolute Gasteiger partial charge is 0.497 e. The van der Waals surface area contributed by atoms with Gasteiger partial charge in [-0.25, -0.2) is 8.78 Å². The number of halogens is 3. The molecule has 1 aromatic heterocycles. The monoisotopic (exact) mass is 516 g/mol. The molecule has 0 aliphatic carbocycles. The van der Waals surface area contributed by atoms with Crippen LogP contribution >= 0.6 is 23.4 Å². The van der Waals surface area contributed by atoms with E-state index in [4.69, 9.17) is 21.1 Å². The number of nitrogens with zero attached hydrogens (tertiary/aromatic N) is 3. The van der Waals surface area contributed by atoms with Crippen LogP contribution in [0.25, 0.3) is 5.69 Å². The number of aromatic nitrogens is 3. The second-order valence-electron chi connectivity index (χ2n) is 7.14. The van der Waals surface area contributed by atoms with E-state index in [0.717, 1.165) is 29.6 Å². The second-order valence-corrected chi connectivity index (χ2v) is 8.52. The Morgan fingerprint density at radius 3 is 2.40 bits per heavy atom. The highest BCUT2D eigenvalue weighted by Gasteiger charge is 2.17. The van der Waals surface area contributed by atoms with Crippen LogP contribution in [0.15, 0.2) is 71.9 Å². The van der Waals surface area contributed by atoms with E-state index < -0.39 is 17.5 Å². The molecule has 4 aromatic rings. The zero-order valence-corrected chi connectivity index (χ0v) is 19.9. The third-order valence-corrected chi connectivity index (χ3v) is 5.93. The van der Waals surface area contributed by atoms with E-state index in [1.165, 1.54) is 6.07 Å². The lowest BCUT2D eigenvalue weighted by molar-refractivity contribution is -0.113. The molecule has 0 aliphatic heterocycles. The molecule has 0 aliphatic rings. The third-order valence-electron chi connectivity index (χ3n) is 4.75. The van der Waals surface area contributed by atoms with Crippen LogP contribution in [0.2, 0.25) is 5.02 Å². The number of methoxy groups -OCH3 is 1. The Morgan fingerprint density at radius 1 is 1.00 bits per heavy atom. The highest BCUT2D eigenvalue weighted by Crippen LogP contribution is 2.25. The van der Waals surface area contributed by atoms with E-state index in [0.29, 0.717) is 27.5 Å². The first-order valence-electron chi connectivity index (χ1n) is 10.3. The lowest BCUT2D eigenvalue weighted by Crippen LogP contribution is -2.15. The van der Waals surface area contributed by atoms with Crippen molar-refractivity contribution in [3.63, 3.8) is 0 Å². The summed E-state index contributed by atoms with van der Waals surface area (Å²) in [7, 11) is 1.58. The molecular formula is C24H19ClF2N4O3S. The van der Waals surface area contributed by atoms with Gasteiger partial charge in [0.1, 0.15) is 18.1 Å². The molecule has 180 valence electrons. The minimum Gasteiger partial charge on any atom is -0.497 e. The van der Waals surface area contributed by atoms with Crippen molar-refractivity contribution in [3.05, 3.63) is 89.2 Å². The average molecular weight is 517 g/mol. The van der Waals surface area contributed by atoms with Gasteiger partial charge >= 0.3 is 0 Å². The number of hydrogen-bond donors (Lipinski definition) is 1. The van der Waals surface area contributed by atoms with Crippen LogP contribution < -0.4 is 14.8 Å². The number of nitrogens with one attached hydrogen (secondary N) is 1. The molecule has 0 fully saturated rings. The van der Waals surface area contributed by atoms with Gasteiger partial charge in [-0.2, -0.15) is 0 Å². The summed E-state index contributed by atoms with van der Waals surface area (Å²) in [6.07, 6.45) is 0. The molecule has 0 saturated carbocycles. The maximum absolute atomic E-state index is 13.4. The van der Waals surface area contributed by atoms with Gasteiger partial charge in [-0.1, -0.05) is 23.4 Å². The number of ether oxygens (including phenoxy) is 2. The van der Waals surface area contributed by atoms with E-state index in [1.54, 1.807) is 48.1 Å². The highest BCUT2D eigenvalue weighted by molar-refractivity contribution is 7.99. The maximum atomic E-state index is 13.4. The summed E-state index contributed by atoms with van der Waals surface area (Å²) < 4.78 is 39.4. The third kappa shape index (κ3) is 6.28. The van der Waals surface area contributed by atoms with Gasteiger partial charge in [0.05, 0.1) is 12.9 Å². The lowest BCUT2D eigenvalue weighted by Gasteiger charge is -2.12. The van der Waals surface area contributed by atoms with E-state index in [2.05, 4.69) is 15.5 Å². The van der Waals surface area contributed by atoms with E-state index >= 15 is 0 Å². The summed E-state index contributed by atoms with van der Waals surface area (Å²) in [4.78, 5) is 12.4. The molecule has 7 nitrogen and oxygen atoms in total. The normalized spacial score (nSPS) is 10.7. The summed E-state index contributed by atoms with van der Waals surface area (Å²) in [5, 5.41) is 12.0. The van der Waals surface area contributed by atoms with Crippen molar-refractivity contribution < 1.29 is 23.0 Å². The molecule has 0 radical (unpaired) electrons. The van der Waals surface area contributed by atoms with Crippen LogP contribution in [0.1, 0.15) is 5.82 Å². The van der Waals surface area contributed by atoms with Crippen molar-refractivity contribution in [1.29, 1.82) is 0 Å². The number of amides is 1. The SMILES string of the molecule is COc1ccc(-n2c(COc3ccc(Cl)cc3)nnc2SCC(=O)Nc2ccc(F)c(F)c2)cc1. The Morgan fingerprint density at radius 2 is 1.71 bits per heavy atom. The van der Waals surface area contributed by atoms with Gasteiger partial charge in [0.15, 0.2) is 22.6 Å². The van der Waals surface area contributed by atoms with Gasteiger partial charge in [-0.3, -0.25) is 9.36 Å². The fourth-order valence-electron chi connectivity index (χ4n) is 3.06. The predicted molar refractivity (Wildman–Crippen MR) is 129 cm³/mol. The molecule has 0 saturated heterocycles. The first-order valence-corrected chi connectivity index (χ1v) is 11.6. The van der Waals surface area contributed by atoms with Crippen LogP contribution in [0.4, 0.5) is 14.5 Å². The number of carbonyl (C=O) groups excluding carboxylic acids is 1. The molecule has 0 spiro atoms.